The second kappa shape index (κ2) is 13.4. The zero-order chi connectivity index (χ0) is 29.6. The Kier molecular flexibility index (Phi) is 10.7. The molecular formula is C25H32FN4O8PS. The Labute approximate surface area is 235 Å². The summed E-state index contributed by atoms with van der Waals surface area (Å²) in [4.78, 5) is 28.1. The Balaban J connectivity index is 1.72. The van der Waals surface area contributed by atoms with Gasteiger partial charge in [0.1, 0.15) is 18.0 Å². The van der Waals surface area contributed by atoms with E-state index in [1.165, 1.54) is 6.07 Å². The van der Waals surface area contributed by atoms with Gasteiger partial charge in [-0.2, -0.15) is 4.98 Å². The smallest absolute Gasteiger partial charge is 0.395 e. The number of carbonyl (C=O) groups is 1. The fraction of sp³-hybridized carbons (Fsp3) is 0.480. The van der Waals surface area contributed by atoms with E-state index in [4.69, 9.17) is 25.9 Å². The van der Waals surface area contributed by atoms with E-state index >= 15 is 4.39 Å². The Morgan fingerprint density at radius 3 is 2.70 bits per heavy atom. The van der Waals surface area contributed by atoms with E-state index < -0.39 is 49.6 Å². The number of carbonyl (C=O) groups excluding carboxylic acids is 1. The number of nitrogens with zero attached hydrogens (tertiary/aromatic N) is 2. The molecule has 5 N–H and O–H groups in total. The van der Waals surface area contributed by atoms with Crippen molar-refractivity contribution in [2.75, 3.05) is 31.3 Å². The van der Waals surface area contributed by atoms with Gasteiger partial charge >= 0.3 is 13.4 Å². The molecule has 218 valence electrons. The van der Waals surface area contributed by atoms with E-state index in [2.05, 4.69) is 10.1 Å². The number of thioether (sulfide) groups is 1. The van der Waals surface area contributed by atoms with Crippen molar-refractivity contribution in [3.05, 3.63) is 58.6 Å². The lowest BCUT2D eigenvalue weighted by Gasteiger charge is -2.24. The highest BCUT2D eigenvalue weighted by atomic mass is 32.2. The van der Waals surface area contributed by atoms with E-state index in [0.29, 0.717) is 0 Å². The van der Waals surface area contributed by atoms with Gasteiger partial charge in [-0.25, -0.2) is 18.8 Å². The number of hydrogen-bond donors (Lipinski definition) is 4. The maximum Gasteiger partial charge on any atom is 0.405 e. The molecular weight excluding hydrogens is 566 g/mol. The van der Waals surface area contributed by atoms with Crippen molar-refractivity contribution in [2.45, 2.75) is 44.5 Å². The quantitative estimate of drug-likeness (QED) is 0.149. The summed E-state index contributed by atoms with van der Waals surface area (Å²) in [6.45, 7) is 2.10. The minimum Gasteiger partial charge on any atom is -0.395 e. The van der Waals surface area contributed by atoms with Gasteiger partial charge in [0.2, 0.25) is 5.67 Å². The summed E-state index contributed by atoms with van der Waals surface area (Å²) >= 11 is 0.898. The third-order valence-corrected chi connectivity index (χ3v) is 8.77. The van der Waals surface area contributed by atoms with E-state index in [1.807, 2.05) is 12.0 Å². The molecule has 1 saturated heterocycles. The topological polar surface area (TPSA) is 175 Å². The third kappa shape index (κ3) is 7.57. The van der Waals surface area contributed by atoms with Crippen LogP contribution in [0.5, 0.6) is 0 Å². The fourth-order valence-corrected chi connectivity index (χ4v) is 5.79. The highest BCUT2D eigenvalue weighted by Crippen LogP contribution is 2.47. The molecule has 0 aliphatic carbocycles. The summed E-state index contributed by atoms with van der Waals surface area (Å²) < 4.78 is 46.6. The molecule has 1 aliphatic heterocycles. The maximum atomic E-state index is 15.7. The van der Waals surface area contributed by atoms with Crippen LogP contribution >= 0.6 is 19.5 Å². The lowest BCUT2D eigenvalue weighted by atomic mass is 9.97. The van der Waals surface area contributed by atoms with E-state index in [-0.39, 0.29) is 36.4 Å². The van der Waals surface area contributed by atoms with Crippen LogP contribution in [0.1, 0.15) is 25.6 Å². The first-order valence-corrected chi connectivity index (χ1v) is 14.7. The molecule has 1 aromatic carbocycles. The number of hydrogen-bond acceptors (Lipinski definition) is 11. The zero-order valence-corrected chi connectivity index (χ0v) is 23.6. The Hall–Kier alpha value is -2.60. The van der Waals surface area contributed by atoms with Gasteiger partial charge in [-0.05, 0) is 25.5 Å². The van der Waals surface area contributed by atoms with Gasteiger partial charge in [0, 0.05) is 18.5 Å². The number of halogens is 1. The number of benzene rings is 1. The Morgan fingerprint density at radius 2 is 2.08 bits per heavy atom. The number of alkyl halides is 1. The molecule has 15 heteroatoms. The molecule has 3 rings (SSSR count). The van der Waals surface area contributed by atoms with Crippen LogP contribution in [-0.2, 0) is 29.7 Å². The van der Waals surface area contributed by atoms with E-state index in [9.17, 15) is 24.4 Å². The van der Waals surface area contributed by atoms with E-state index in [1.54, 1.807) is 38.1 Å². The first-order valence-electron chi connectivity index (χ1n) is 12.2. The predicted molar refractivity (Wildman–Crippen MR) is 147 cm³/mol. The van der Waals surface area contributed by atoms with Gasteiger partial charge in [-0.1, -0.05) is 48.0 Å². The molecule has 0 bridgehead atoms. The molecule has 0 saturated carbocycles. The first kappa shape index (κ1) is 31.9. The zero-order valence-electron chi connectivity index (χ0n) is 21.9. The summed E-state index contributed by atoms with van der Waals surface area (Å²) in [5.74, 6) is 1.84. The molecule has 12 nitrogen and oxygen atoms in total. The number of aliphatic hydroxyl groups is 2. The lowest BCUT2D eigenvalue weighted by molar-refractivity contribution is -0.119. The van der Waals surface area contributed by atoms with Gasteiger partial charge in [-0.15, -0.1) is 6.42 Å². The van der Waals surface area contributed by atoms with Crippen molar-refractivity contribution >= 4 is 30.4 Å². The Morgan fingerprint density at radius 1 is 1.38 bits per heavy atom. The number of anilines is 1. The van der Waals surface area contributed by atoms with Crippen LogP contribution in [0, 0.1) is 17.8 Å². The number of nitrogen functional groups attached to an aromatic ring is 1. The first-order chi connectivity index (χ1) is 18.8. The second-order valence-corrected chi connectivity index (χ2v) is 12.4. The number of nitrogens with one attached hydrogen (secondary N) is 1. The average Bonchev–Trinajstić information content (AvgIpc) is 3.19. The number of terminal acetylenes is 1. The van der Waals surface area contributed by atoms with Crippen molar-refractivity contribution in [2.24, 2.45) is 5.41 Å². The molecule has 40 heavy (non-hydrogen) atoms. The highest BCUT2D eigenvalue weighted by molar-refractivity contribution is 8.13. The molecule has 1 aromatic heterocycles. The summed E-state index contributed by atoms with van der Waals surface area (Å²) in [7, 11) is -4.12. The summed E-state index contributed by atoms with van der Waals surface area (Å²) in [5, 5.41) is 22.5. The Bertz CT molecular complexity index is 1320. The predicted octanol–water partition coefficient (Wildman–Crippen LogP) is 1.63. The number of aromatic nitrogens is 2. The standard InChI is InChI=1S/C25H32FN4O8PS/c1-4-25(26)20(32)18(38-21(25)30-11-10-19(27)29-23(30)34)15-37-39(35,28-14-17-8-6-5-7-9-17)36-12-13-40-22(33)24(2,3)16-31/h1,5-11,18,20-21,31-32H,12-16H2,2-3H3,(H,28,35)(H2,27,29,34)/t18-,20-,21-,25-,39?/m1/s1. The van der Waals surface area contributed by atoms with Crippen molar-refractivity contribution in [1.29, 1.82) is 0 Å². The highest BCUT2D eigenvalue weighted by Gasteiger charge is 2.58. The number of nitrogens with two attached hydrogens (primary N) is 1. The second-order valence-electron chi connectivity index (χ2n) is 9.55. The van der Waals surface area contributed by atoms with Crippen molar-refractivity contribution in [3.8, 4) is 12.3 Å². The van der Waals surface area contributed by atoms with Crippen molar-refractivity contribution in [3.63, 3.8) is 0 Å². The summed E-state index contributed by atoms with van der Waals surface area (Å²) in [6, 6.07) is 10.2. The SMILES string of the molecule is C#C[C@@]1(F)[C@H](O)[C@@H](COP(=O)(NCc2ccccc2)OCCSC(=O)C(C)(C)CO)O[C@H]1n1ccc(N)nc1=O. The van der Waals surface area contributed by atoms with Gasteiger partial charge in [0.15, 0.2) is 11.3 Å². The normalized spacial score (nSPS) is 24.4. The van der Waals surface area contributed by atoms with Crippen LogP contribution in [0.25, 0.3) is 0 Å². The van der Waals surface area contributed by atoms with Crippen LogP contribution in [-0.4, -0.2) is 68.3 Å². The van der Waals surface area contributed by atoms with Gasteiger partial charge in [0.25, 0.3) is 0 Å². The summed E-state index contributed by atoms with van der Waals surface area (Å²) in [6.07, 6.45) is 1.31. The average molecular weight is 599 g/mol. The molecule has 1 unspecified atom stereocenters. The largest absolute Gasteiger partial charge is 0.405 e. The number of rotatable bonds is 13. The lowest BCUT2D eigenvalue weighted by Crippen LogP contribution is -2.44. The van der Waals surface area contributed by atoms with Crippen LogP contribution in [0.15, 0.2) is 47.4 Å². The van der Waals surface area contributed by atoms with Crippen LogP contribution < -0.4 is 16.5 Å². The minimum absolute atomic E-state index is 0.0718. The van der Waals surface area contributed by atoms with Crippen molar-refractivity contribution in [1.82, 2.24) is 14.6 Å². The summed E-state index contributed by atoms with van der Waals surface area (Å²) in [5.41, 5.74) is 1.48. The van der Waals surface area contributed by atoms with Gasteiger partial charge in [-0.3, -0.25) is 18.4 Å². The molecule has 2 aromatic rings. The van der Waals surface area contributed by atoms with Crippen LogP contribution in [0.2, 0.25) is 0 Å². The van der Waals surface area contributed by atoms with Crippen LogP contribution in [0.3, 0.4) is 0 Å². The molecule has 5 atom stereocenters. The number of aliphatic hydroxyl groups excluding tert-OH is 2. The molecule has 1 aliphatic rings. The molecule has 1 fully saturated rings. The van der Waals surface area contributed by atoms with Crippen molar-refractivity contribution < 1.29 is 37.7 Å². The van der Waals surface area contributed by atoms with Crippen LogP contribution in [0.4, 0.5) is 10.2 Å². The minimum atomic E-state index is -4.12. The van der Waals surface area contributed by atoms with E-state index in [0.717, 1.165) is 28.1 Å². The molecule has 0 spiro atoms. The number of ether oxygens (including phenoxy) is 1. The molecule has 2 heterocycles. The fourth-order valence-electron chi connectivity index (χ4n) is 3.55. The maximum absolute atomic E-state index is 15.7. The third-order valence-electron chi connectivity index (χ3n) is 6.03. The monoisotopic (exact) mass is 598 g/mol. The molecule has 0 amide bonds. The van der Waals surface area contributed by atoms with Gasteiger partial charge < -0.3 is 20.7 Å². The van der Waals surface area contributed by atoms with Gasteiger partial charge in [0.05, 0.1) is 25.2 Å². The molecule has 0 radical (unpaired) electrons.